The quantitative estimate of drug-likeness (QED) is 0.613. The van der Waals surface area contributed by atoms with Gasteiger partial charge < -0.3 is 20.3 Å². The molecule has 2 aliphatic heterocycles. The molecule has 138 valence electrons. The summed E-state index contributed by atoms with van der Waals surface area (Å²) in [6.07, 6.45) is 4.67. The summed E-state index contributed by atoms with van der Waals surface area (Å²) in [5.41, 5.74) is 2.70. The summed E-state index contributed by atoms with van der Waals surface area (Å²) >= 11 is 0. The normalized spacial score (nSPS) is 20.9. The number of benzene rings is 1. The molecule has 0 radical (unpaired) electrons. The van der Waals surface area contributed by atoms with Crippen molar-refractivity contribution in [1.82, 2.24) is 15.5 Å². The Morgan fingerprint density at radius 2 is 2.28 bits per heavy atom. The van der Waals surface area contributed by atoms with Crippen molar-refractivity contribution in [1.29, 1.82) is 0 Å². The molecule has 5 heteroatoms. The third-order valence-electron chi connectivity index (χ3n) is 5.29. The Kier molecular flexibility index (Phi) is 6.56. The highest BCUT2D eigenvalue weighted by atomic mass is 16.5. The molecule has 1 unspecified atom stereocenters. The summed E-state index contributed by atoms with van der Waals surface area (Å²) in [6, 6.07) is 6.55. The van der Waals surface area contributed by atoms with Gasteiger partial charge in [0.1, 0.15) is 5.75 Å². The molecule has 5 nitrogen and oxygen atoms in total. The second-order valence-electron chi connectivity index (χ2n) is 7.07. The van der Waals surface area contributed by atoms with E-state index in [1.54, 1.807) is 0 Å². The number of hydrogen-bond acceptors (Lipinski definition) is 3. The van der Waals surface area contributed by atoms with Crippen LogP contribution >= 0.6 is 0 Å². The molecule has 1 fully saturated rings. The van der Waals surface area contributed by atoms with Gasteiger partial charge in [0.15, 0.2) is 5.96 Å². The van der Waals surface area contributed by atoms with Gasteiger partial charge in [-0.15, -0.1) is 0 Å². The number of likely N-dealkylation sites (tertiary alicyclic amines) is 1. The lowest BCUT2D eigenvalue weighted by Crippen LogP contribution is -2.44. The number of ether oxygens (including phenoxy) is 1. The fraction of sp³-hybridized carbons (Fsp3) is 0.650. The van der Waals surface area contributed by atoms with Crippen LogP contribution in [0.2, 0.25) is 0 Å². The van der Waals surface area contributed by atoms with E-state index in [9.17, 15) is 0 Å². The molecule has 0 aliphatic carbocycles. The summed E-state index contributed by atoms with van der Waals surface area (Å²) in [4.78, 5) is 6.91. The predicted octanol–water partition coefficient (Wildman–Crippen LogP) is 2.06. The SMILES string of the molecule is CCN1CCCC(CNC(=NC)NCCc2ccc3c(c2)CCO3)C1. The number of rotatable bonds is 6. The van der Waals surface area contributed by atoms with Crippen molar-refractivity contribution < 1.29 is 4.74 Å². The molecule has 3 rings (SSSR count). The summed E-state index contributed by atoms with van der Waals surface area (Å²) in [5, 5.41) is 6.95. The molecule has 2 aliphatic rings. The van der Waals surface area contributed by atoms with Crippen LogP contribution in [0, 0.1) is 5.92 Å². The van der Waals surface area contributed by atoms with E-state index in [2.05, 4.69) is 45.6 Å². The van der Waals surface area contributed by atoms with Crippen molar-refractivity contribution in [2.45, 2.75) is 32.6 Å². The number of fused-ring (bicyclic) bond motifs is 1. The highest BCUT2D eigenvalue weighted by Crippen LogP contribution is 2.25. The largest absolute Gasteiger partial charge is 0.493 e. The average molecular weight is 345 g/mol. The molecule has 0 aromatic heterocycles. The lowest BCUT2D eigenvalue weighted by atomic mass is 9.98. The average Bonchev–Trinajstić information content (AvgIpc) is 3.12. The smallest absolute Gasteiger partial charge is 0.190 e. The second-order valence-corrected chi connectivity index (χ2v) is 7.07. The van der Waals surface area contributed by atoms with Crippen molar-refractivity contribution in [3.63, 3.8) is 0 Å². The standard InChI is InChI=1S/C20H32N4O/c1-3-24-11-4-5-17(15-24)14-23-20(21-2)22-10-8-16-6-7-19-18(13-16)9-12-25-19/h6-7,13,17H,3-5,8-12,14-15H2,1-2H3,(H2,21,22,23). The summed E-state index contributed by atoms with van der Waals surface area (Å²) in [5.74, 6) is 2.70. The Morgan fingerprint density at radius 3 is 3.12 bits per heavy atom. The Labute approximate surface area is 151 Å². The van der Waals surface area contributed by atoms with Gasteiger partial charge in [0.05, 0.1) is 6.61 Å². The van der Waals surface area contributed by atoms with Gasteiger partial charge in [0.2, 0.25) is 0 Å². The van der Waals surface area contributed by atoms with Crippen molar-refractivity contribution in [3.8, 4) is 5.75 Å². The van der Waals surface area contributed by atoms with Crippen molar-refractivity contribution in [2.75, 3.05) is 46.4 Å². The summed E-state index contributed by atoms with van der Waals surface area (Å²) in [7, 11) is 1.85. The van der Waals surface area contributed by atoms with Crippen LogP contribution in [0.1, 0.15) is 30.9 Å². The zero-order valence-corrected chi connectivity index (χ0v) is 15.7. The summed E-state index contributed by atoms with van der Waals surface area (Å²) in [6.45, 7) is 8.60. The molecular formula is C20H32N4O. The predicted molar refractivity (Wildman–Crippen MR) is 104 cm³/mol. The van der Waals surface area contributed by atoms with E-state index < -0.39 is 0 Å². The maximum atomic E-state index is 5.57. The van der Waals surface area contributed by atoms with Crippen LogP contribution in [-0.2, 0) is 12.8 Å². The zero-order valence-electron chi connectivity index (χ0n) is 15.7. The van der Waals surface area contributed by atoms with Crippen LogP contribution in [0.5, 0.6) is 5.75 Å². The van der Waals surface area contributed by atoms with E-state index in [0.717, 1.165) is 56.7 Å². The van der Waals surface area contributed by atoms with E-state index in [1.165, 1.54) is 37.1 Å². The molecule has 0 bridgehead atoms. The first kappa shape index (κ1) is 18.1. The van der Waals surface area contributed by atoms with Gasteiger partial charge in [-0.1, -0.05) is 19.1 Å². The van der Waals surface area contributed by atoms with Gasteiger partial charge >= 0.3 is 0 Å². The molecule has 0 spiro atoms. The Balaban J connectivity index is 1.39. The monoisotopic (exact) mass is 344 g/mol. The molecule has 1 aromatic rings. The molecule has 0 saturated carbocycles. The van der Waals surface area contributed by atoms with E-state index in [0.29, 0.717) is 0 Å². The number of nitrogens with one attached hydrogen (secondary N) is 2. The Hall–Kier alpha value is -1.75. The minimum Gasteiger partial charge on any atom is -0.493 e. The van der Waals surface area contributed by atoms with Crippen LogP contribution in [0.15, 0.2) is 23.2 Å². The molecule has 25 heavy (non-hydrogen) atoms. The Bertz CT molecular complexity index is 587. The van der Waals surface area contributed by atoms with E-state index in [4.69, 9.17) is 4.74 Å². The van der Waals surface area contributed by atoms with Crippen LogP contribution in [0.4, 0.5) is 0 Å². The summed E-state index contributed by atoms with van der Waals surface area (Å²) < 4.78 is 5.57. The van der Waals surface area contributed by atoms with Crippen molar-refractivity contribution in [2.24, 2.45) is 10.9 Å². The molecule has 1 saturated heterocycles. The van der Waals surface area contributed by atoms with Crippen LogP contribution in [-0.4, -0.2) is 57.2 Å². The highest BCUT2D eigenvalue weighted by Gasteiger charge is 2.18. The molecular weight excluding hydrogens is 312 g/mol. The fourth-order valence-corrected chi connectivity index (χ4v) is 3.79. The molecule has 1 atom stereocenters. The zero-order chi connectivity index (χ0) is 17.5. The molecule has 2 N–H and O–H groups in total. The van der Waals surface area contributed by atoms with Crippen LogP contribution < -0.4 is 15.4 Å². The van der Waals surface area contributed by atoms with E-state index in [-0.39, 0.29) is 0 Å². The minimum absolute atomic E-state index is 0.726. The number of aliphatic imine (C=N–C) groups is 1. The number of guanidine groups is 1. The first-order valence-electron chi connectivity index (χ1n) is 9.70. The second kappa shape index (κ2) is 9.09. The molecule has 2 heterocycles. The third-order valence-corrected chi connectivity index (χ3v) is 5.29. The van der Waals surface area contributed by atoms with Gasteiger partial charge in [-0.25, -0.2) is 0 Å². The first-order valence-corrected chi connectivity index (χ1v) is 9.70. The molecule has 0 amide bonds. The topological polar surface area (TPSA) is 48.9 Å². The third kappa shape index (κ3) is 5.11. The number of hydrogen-bond donors (Lipinski definition) is 2. The molecule has 1 aromatic carbocycles. The minimum atomic E-state index is 0.726. The number of nitrogens with zero attached hydrogens (tertiary/aromatic N) is 2. The van der Waals surface area contributed by atoms with Crippen molar-refractivity contribution in [3.05, 3.63) is 29.3 Å². The van der Waals surface area contributed by atoms with Gasteiger partial charge in [0.25, 0.3) is 0 Å². The van der Waals surface area contributed by atoms with Gasteiger partial charge in [-0.2, -0.15) is 0 Å². The van der Waals surface area contributed by atoms with Crippen molar-refractivity contribution >= 4 is 5.96 Å². The highest BCUT2D eigenvalue weighted by molar-refractivity contribution is 5.79. The van der Waals surface area contributed by atoms with E-state index in [1.807, 2.05) is 7.05 Å². The van der Waals surface area contributed by atoms with Gasteiger partial charge in [-0.3, -0.25) is 4.99 Å². The van der Waals surface area contributed by atoms with Gasteiger partial charge in [-0.05, 0) is 55.5 Å². The van der Waals surface area contributed by atoms with Gasteiger partial charge in [0, 0.05) is 33.1 Å². The lowest BCUT2D eigenvalue weighted by Gasteiger charge is -2.32. The number of piperidine rings is 1. The Morgan fingerprint density at radius 1 is 1.36 bits per heavy atom. The maximum Gasteiger partial charge on any atom is 0.190 e. The fourth-order valence-electron chi connectivity index (χ4n) is 3.79. The van der Waals surface area contributed by atoms with E-state index >= 15 is 0 Å². The lowest BCUT2D eigenvalue weighted by molar-refractivity contribution is 0.183. The first-order chi connectivity index (χ1) is 12.3. The van der Waals surface area contributed by atoms with Crippen LogP contribution in [0.3, 0.4) is 0 Å². The maximum absolute atomic E-state index is 5.57. The van der Waals surface area contributed by atoms with Crippen LogP contribution in [0.25, 0.3) is 0 Å².